The molecule has 0 spiro atoms. The predicted octanol–water partition coefficient (Wildman–Crippen LogP) is 2.49. The maximum absolute atomic E-state index is 12.6. The van der Waals surface area contributed by atoms with E-state index >= 15 is 0 Å². The first-order chi connectivity index (χ1) is 14.0. The Bertz CT molecular complexity index is 968. The number of hydrogen-bond donors (Lipinski definition) is 0. The van der Waals surface area contributed by atoms with Crippen LogP contribution in [0.4, 0.5) is 0 Å². The molecule has 0 bridgehead atoms. The van der Waals surface area contributed by atoms with E-state index in [-0.39, 0.29) is 18.1 Å². The molecule has 0 radical (unpaired) electrons. The standard InChI is InChI=1S/C22H27N3O4/c1-3-17-14-21(27)29-19-13-16(2)12-18(22(17)19)28-15-20(26)25-10-8-24(9-11-25)7-5-4-6-23/h12-14H,3-5,7-11,15H2,1-2H3. The minimum absolute atomic E-state index is 0.0464. The zero-order valence-electron chi connectivity index (χ0n) is 17.1. The fourth-order valence-corrected chi connectivity index (χ4v) is 3.70. The normalized spacial score (nSPS) is 14.7. The predicted molar refractivity (Wildman–Crippen MR) is 110 cm³/mol. The van der Waals surface area contributed by atoms with Gasteiger partial charge in [0.15, 0.2) is 6.61 Å². The molecule has 1 amide bonds. The van der Waals surface area contributed by atoms with Crippen LogP contribution < -0.4 is 10.4 Å². The maximum Gasteiger partial charge on any atom is 0.336 e. The number of piperazine rings is 1. The SMILES string of the molecule is CCc1cc(=O)oc2cc(C)cc(OCC(=O)N3CCN(CCCC#N)CC3)c12. The molecule has 0 unspecified atom stereocenters. The van der Waals surface area contributed by atoms with Crippen molar-refractivity contribution < 1.29 is 13.9 Å². The topological polar surface area (TPSA) is 86.8 Å². The van der Waals surface area contributed by atoms with Crippen molar-refractivity contribution in [2.75, 3.05) is 39.3 Å². The van der Waals surface area contributed by atoms with Crippen LogP contribution in [0.1, 0.15) is 30.9 Å². The van der Waals surface area contributed by atoms with Crippen LogP contribution >= 0.6 is 0 Å². The first-order valence-electron chi connectivity index (χ1n) is 10.1. The third-order valence-corrected chi connectivity index (χ3v) is 5.25. The molecule has 7 nitrogen and oxygen atoms in total. The summed E-state index contributed by atoms with van der Waals surface area (Å²) < 4.78 is 11.2. The van der Waals surface area contributed by atoms with Gasteiger partial charge in [0.05, 0.1) is 11.5 Å². The van der Waals surface area contributed by atoms with Crippen molar-refractivity contribution in [3.8, 4) is 11.8 Å². The molecule has 2 heterocycles. The van der Waals surface area contributed by atoms with Gasteiger partial charge < -0.3 is 14.1 Å². The third-order valence-electron chi connectivity index (χ3n) is 5.25. The molecule has 2 aromatic rings. The molecular formula is C22H27N3O4. The average molecular weight is 397 g/mol. The summed E-state index contributed by atoms with van der Waals surface area (Å²) >= 11 is 0. The number of fused-ring (bicyclic) bond motifs is 1. The fraction of sp³-hybridized carbons (Fsp3) is 0.500. The van der Waals surface area contributed by atoms with Gasteiger partial charge in [-0.15, -0.1) is 0 Å². The van der Waals surface area contributed by atoms with Gasteiger partial charge in [-0.25, -0.2) is 4.79 Å². The minimum atomic E-state index is -0.380. The van der Waals surface area contributed by atoms with Crippen LogP contribution in [0.15, 0.2) is 27.4 Å². The lowest BCUT2D eigenvalue weighted by Gasteiger charge is -2.34. The summed E-state index contributed by atoms with van der Waals surface area (Å²) in [7, 11) is 0. The molecular weight excluding hydrogens is 370 g/mol. The molecule has 1 aromatic heterocycles. The van der Waals surface area contributed by atoms with Crippen LogP contribution in [-0.4, -0.2) is 55.0 Å². The van der Waals surface area contributed by atoms with Crippen LogP contribution in [0.5, 0.6) is 5.75 Å². The monoisotopic (exact) mass is 397 g/mol. The summed E-state index contributed by atoms with van der Waals surface area (Å²) in [5.41, 5.74) is 1.87. The van der Waals surface area contributed by atoms with Gasteiger partial charge in [0, 0.05) is 38.7 Å². The first-order valence-corrected chi connectivity index (χ1v) is 10.1. The fourth-order valence-electron chi connectivity index (χ4n) is 3.70. The van der Waals surface area contributed by atoms with E-state index in [4.69, 9.17) is 14.4 Å². The van der Waals surface area contributed by atoms with Crippen LogP contribution in [0.2, 0.25) is 0 Å². The molecule has 3 rings (SSSR count). The minimum Gasteiger partial charge on any atom is -0.483 e. The molecule has 1 aromatic carbocycles. The van der Waals surface area contributed by atoms with Gasteiger partial charge in [0.25, 0.3) is 5.91 Å². The average Bonchev–Trinajstić information content (AvgIpc) is 2.71. The summed E-state index contributed by atoms with van der Waals surface area (Å²) in [6, 6.07) is 7.34. The van der Waals surface area contributed by atoms with Gasteiger partial charge in [0.2, 0.25) is 0 Å². The molecule has 1 fully saturated rings. The molecule has 1 aliphatic rings. The second-order valence-corrected chi connectivity index (χ2v) is 7.35. The van der Waals surface area contributed by atoms with Crippen molar-refractivity contribution in [1.29, 1.82) is 5.26 Å². The zero-order chi connectivity index (χ0) is 20.8. The number of rotatable bonds is 7. The first kappa shape index (κ1) is 20.9. The number of aryl methyl sites for hydroxylation is 2. The van der Waals surface area contributed by atoms with E-state index in [1.807, 2.05) is 30.9 Å². The highest BCUT2D eigenvalue weighted by molar-refractivity contribution is 5.88. The highest BCUT2D eigenvalue weighted by Gasteiger charge is 2.21. The molecule has 154 valence electrons. The number of nitriles is 1. The number of amides is 1. The number of ether oxygens (including phenoxy) is 1. The molecule has 0 aliphatic carbocycles. The number of nitrogens with zero attached hydrogens (tertiary/aromatic N) is 3. The van der Waals surface area contributed by atoms with Crippen molar-refractivity contribution in [2.45, 2.75) is 33.1 Å². The lowest BCUT2D eigenvalue weighted by Crippen LogP contribution is -2.50. The maximum atomic E-state index is 12.6. The number of carbonyl (C=O) groups is 1. The Hall–Kier alpha value is -2.85. The van der Waals surface area contributed by atoms with E-state index in [0.717, 1.165) is 42.6 Å². The van der Waals surface area contributed by atoms with E-state index in [9.17, 15) is 9.59 Å². The zero-order valence-corrected chi connectivity index (χ0v) is 17.1. The largest absolute Gasteiger partial charge is 0.483 e. The lowest BCUT2D eigenvalue weighted by molar-refractivity contribution is -0.135. The van der Waals surface area contributed by atoms with E-state index in [1.54, 1.807) is 0 Å². The summed E-state index contributed by atoms with van der Waals surface area (Å²) in [4.78, 5) is 28.5. The van der Waals surface area contributed by atoms with Gasteiger partial charge in [-0.1, -0.05) is 6.92 Å². The molecule has 0 saturated carbocycles. The second kappa shape index (κ2) is 9.57. The molecule has 1 aliphatic heterocycles. The van der Waals surface area contributed by atoms with Crippen molar-refractivity contribution >= 4 is 16.9 Å². The molecule has 29 heavy (non-hydrogen) atoms. The molecule has 7 heteroatoms. The number of benzene rings is 1. The summed E-state index contributed by atoms with van der Waals surface area (Å²) in [6.07, 6.45) is 2.10. The van der Waals surface area contributed by atoms with E-state index in [2.05, 4.69) is 11.0 Å². The van der Waals surface area contributed by atoms with Gasteiger partial charge in [-0.2, -0.15) is 5.26 Å². The third kappa shape index (κ3) is 5.15. The highest BCUT2D eigenvalue weighted by atomic mass is 16.5. The van der Waals surface area contributed by atoms with Crippen LogP contribution in [0.25, 0.3) is 11.0 Å². The molecule has 0 atom stereocenters. The number of unbranched alkanes of at least 4 members (excludes halogenated alkanes) is 1. The van der Waals surface area contributed by atoms with Gasteiger partial charge in [-0.3, -0.25) is 9.69 Å². The second-order valence-electron chi connectivity index (χ2n) is 7.35. The Balaban J connectivity index is 1.64. The molecule has 0 N–H and O–H groups in total. The summed E-state index contributed by atoms with van der Waals surface area (Å²) in [5, 5.41) is 9.39. The molecule has 1 saturated heterocycles. The van der Waals surface area contributed by atoms with E-state index in [0.29, 0.717) is 37.3 Å². The van der Waals surface area contributed by atoms with E-state index < -0.39 is 0 Å². The van der Waals surface area contributed by atoms with Crippen LogP contribution in [-0.2, 0) is 11.2 Å². The summed E-state index contributed by atoms with van der Waals surface area (Å²) in [5.74, 6) is 0.524. The van der Waals surface area contributed by atoms with E-state index in [1.165, 1.54) is 6.07 Å². The van der Waals surface area contributed by atoms with Crippen LogP contribution in [0, 0.1) is 18.3 Å². The number of carbonyl (C=O) groups excluding carboxylic acids is 1. The van der Waals surface area contributed by atoms with Crippen LogP contribution in [0.3, 0.4) is 0 Å². The Morgan fingerprint density at radius 1 is 1.24 bits per heavy atom. The number of hydrogen-bond acceptors (Lipinski definition) is 6. The quantitative estimate of drug-likeness (QED) is 0.527. The smallest absolute Gasteiger partial charge is 0.336 e. The van der Waals surface area contributed by atoms with Crippen molar-refractivity contribution in [1.82, 2.24) is 9.80 Å². The van der Waals surface area contributed by atoms with Gasteiger partial charge in [-0.05, 0) is 49.6 Å². The Morgan fingerprint density at radius 2 is 2.00 bits per heavy atom. The van der Waals surface area contributed by atoms with Crippen molar-refractivity contribution in [2.24, 2.45) is 0 Å². The Kier molecular flexibility index (Phi) is 6.89. The van der Waals surface area contributed by atoms with Crippen molar-refractivity contribution in [3.05, 3.63) is 39.7 Å². The summed E-state index contributed by atoms with van der Waals surface area (Å²) in [6.45, 7) is 7.68. The van der Waals surface area contributed by atoms with Gasteiger partial charge in [0.1, 0.15) is 11.3 Å². The Morgan fingerprint density at radius 3 is 2.69 bits per heavy atom. The Labute approximate surface area is 170 Å². The van der Waals surface area contributed by atoms with Gasteiger partial charge >= 0.3 is 5.63 Å². The lowest BCUT2D eigenvalue weighted by atomic mass is 10.1. The highest BCUT2D eigenvalue weighted by Crippen LogP contribution is 2.30. The van der Waals surface area contributed by atoms with Crippen molar-refractivity contribution in [3.63, 3.8) is 0 Å².